The number of rotatable bonds is 2. The second-order valence-electron chi connectivity index (χ2n) is 3.16. The summed E-state index contributed by atoms with van der Waals surface area (Å²) >= 11 is 5.84. The molecule has 3 nitrogen and oxygen atoms in total. The highest BCUT2D eigenvalue weighted by atomic mass is 35.5. The van der Waals surface area contributed by atoms with Crippen LogP contribution in [0.25, 0.3) is 0 Å². The van der Waals surface area contributed by atoms with Crippen LogP contribution in [0, 0.1) is 12.7 Å². The number of nitrogens with zero attached hydrogens (tertiary/aromatic N) is 1. The molecule has 0 aliphatic rings. The van der Waals surface area contributed by atoms with Crippen molar-refractivity contribution in [3.8, 4) is 0 Å². The zero-order valence-corrected chi connectivity index (χ0v) is 8.77. The largest absolute Gasteiger partial charge is 0.328 e. The van der Waals surface area contributed by atoms with E-state index in [4.69, 9.17) is 11.6 Å². The third kappa shape index (κ3) is 2.27. The van der Waals surface area contributed by atoms with Gasteiger partial charge in [0.1, 0.15) is 5.82 Å². The van der Waals surface area contributed by atoms with Crippen LogP contribution in [-0.4, -0.2) is 9.97 Å². The number of aryl methyl sites for hydroxylation is 1. The van der Waals surface area contributed by atoms with Crippen LogP contribution in [0.3, 0.4) is 0 Å². The lowest BCUT2D eigenvalue weighted by Crippen LogP contribution is -1.93. The van der Waals surface area contributed by atoms with Crippen molar-refractivity contribution in [2.75, 3.05) is 5.32 Å². The summed E-state index contributed by atoms with van der Waals surface area (Å²) in [4.78, 5) is 7.05. The number of hydrogen-bond acceptors (Lipinski definition) is 2. The SMILES string of the molecule is Cc1cnc(Nc2ccc(F)cc2Cl)[nH]1. The number of anilines is 2. The molecule has 0 aliphatic heterocycles. The van der Waals surface area contributed by atoms with E-state index in [-0.39, 0.29) is 5.82 Å². The molecule has 0 saturated heterocycles. The Morgan fingerprint density at radius 1 is 1.47 bits per heavy atom. The summed E-state index contributed by atoms with van der Waals surface area (Å²) in [6.07, 6.45) is 1.69. The van der Waals surface area contributed by atoms with Crippen molar-refractivity contribution in [2.24, 2.45) is 0 Å². The maximum Gasteiger partial charge on any atom is 0.204 e. The Morgan fingerprint density at radius 2 is 2.27 bits per heavy atom. The molecular formula is C10H9ClFN3. The minimum Gasteiger partial charge on any atom is -0.328 e. The Hall–Kier alpha value is -1.55. The van der Waals surface area contributed by atoms with E-state index >= 15 is 0 Å². The van der Waals surface area contributed by atoms with E-state index in [1.54, 1.807) is 12.3 Å². The summed E-state index contributed by atoms with van der Waals surface area (Å²) in [7, 11) is 0. The maximum absolute atomic E-state index is 12.8. The molecule has 0 saturated carbocycles. The summed E-state index contributed by atoms with van der Waals surface area (Å²) in [5.74, 6) is 0.224. The molecule has 0 unspecified atom stereocenters. The lowest BCUT2D eigenvalue weighted by atomic mass is 10.3. The molecule has 0 fully saturated rings. The van der Waals surface area contributed by atoms with Crippen LogP contribution in [0.4, 0.5) is 16.0 Å². The van der Waals surface area contributed by atoms with Crippen molar-refractivity contribution in [1.82, 2.24) is 9.97 Å². The number of H-pyrrole nitrogens is 1. The Labute approximate surface area is 91.3 Å². The van der Waals surface area contributed by atoms with Gasteiger partial charge in [0.2, 0.25) is 5.95 Å². The van der Waals surface area contributed by atoms with Gasteiger partial charge < -0.3 is 10.3 Å². The number of benzene rings is 1. The average molecular weight is 226 g/mol. The van der Waals surface area contributed by atoms with Gasteiger partial charge in [0.15, 0.2) is 0 Å². The molecule has 2 aromatic rings. The predicted octanol–water partition coefficient (Wildman–Crippen LogP) is 3.25. The first-order chi connectivity index (χ1) is 7.15. The first-order valence-corrected chi connectivity index (χ1v) is 4.76. The Balaban J connectivity index is 2.24. The molecule has 0 amide bonds. The molecule has 0 bridgehead atoms. The van der Waals surface area contributed by atoms with E-state index in [0.717, 1.165) is 5.69 Å². The van der Waals surface area contributed by atoms with Crippen LogP contribution in [0.5, 0.6) is 0 Å². The summed E-state index contributed by atoms with van der Waals surface area (Å²) in [5.41, 5.74) is 1.56. The number of imidazole rings is 1. The van der Waals surface area contributed by atoms with Gasteiger partial charge in [-0.1, -0.05) is 11.6 Å². The van der Waals surface area contributed by atoms with E-state index in [0.29, 0.717) is 16.7 Å². The molecule has 1 aromatic carbocycles. The molecule has 1 aromatic heterocycles. The average Bonchev–Trinajstić information content (AvgIpc) is 2.56. The van der Waals surface area contributed by atoms with Crippen molar-refractivity contribution < 1.29 is 4.39 Å². The highest BCUT2D eigenvalue weighted by Crippen LogP contribution is 2.24. The molecular weight excluding hydrogens is 217 g/mol. The van der Waals surface area contributed by atoms with Crippen molar-refractivity contribution in [1.29, 1.82) is 0 Å². The highest BCUT2D eigenvalue weighted by molar-refractivity contribution is 6.33. The summed E-state index contributed by atoms with van der Waals surface area (Å²) < 4.78 is 12.8. The maximum atomic E-state index is 12.8. The van der Waals surface area contributed by atoms with Gasteiger partial charge in [-0.25, -0.2) is 9.37 Å². The minimum absolute atomic E-state index is 0.323. The predicted molar refractivity (Wildman–Crippen MR) is 58.0 cm³/mol. The van der Waals surface area contributed by atoms with Crippen LogP contribution in [0.15, 0.2) is 24.4 Å². The van der Waals surface area contributed by atoms with Crippen LogP contribution in [-0.2, 0) is 0 Å². The zero-order chi connectivity index (χ0) is 10.8. The van der Waals surface area contributed by atoms with Crippen LogP contribution >= 0.6 is 11.6 Å². The van der Waals surface area contributed by atoms with Gasteiger partial charge in [-0.2, -0.15) is 0 Å². The fourth-order valence-electron chi connectivity index (χ4n) is 1.19. The smallest absolute Gasteiger partial charge is 0.204 e. The molecule has 0 aliphatic carbocycles. The number of aromatic nitrogens is 2. The second-order valence-corrected chi connectivity index (χ2v) is 3.57. The molecule has 15 heavy (non-hydrogen) atoms. The first-order valence-electron chi connectivity index (χ1n) is 4.39. The summed E-state index contributed by atoms with van der Waals surface area (Å²) in [6.45, 7) is 1.89. The number of hydrogen-bond donors (Lipinski definition) is 2. The Bertz CT molecular complexity index is 481. The van der Waals surface area contributed by atoms with Gasteiger partial charge in [-0.15, -0.1) is 0 Å². The Kier molecular flexibility index (Phi) is 2.60. The van der Waals surface area contributed by atoms with Crippen molar-refractivity contribution in [3.63, 3.8) is 0 Å². The van der Waals surface area contributed by atoms with E-state index in [2.05, 4.69) is 15.3 Å². The van der Waals surface area contributed by atoms with Gasteiger partial charge >= 0.3 is 0 Å². The van der Waals surface area contributed by atoms with Crippen LogP contribution in [0.1, 0.15) is 5.69 Å². The molecule has 78 valence electrons. The fraction of sp³-hybridized carbons (Fsp3) is 0.100. The van der Waals surface area contributed by atoms with Gasteiger partial charge in [0.05, 0.1) is 10.7 Å². The lowest BCUT2D eigenvalue weighted by molar-refractivity contribution is 0.628. The molecule has 0 radical (unpaired) electrons. The molecule has 0 atom stereocenters. The van der Waals surface area contributed by atoms with E-state index in [1.807, 2.05) is 6.92 Å². The topological polar surface area (TPSA) is 40.7 Å². The summed E-state index contributed by atoms with van der Waals surface area (Å²) in [5, 5.41) is 3.28. The number of nitrogens with one attached hydrogen (secondary N) is 2. The molecule has 1 heterocycles. The summed E-state index contributed by atoms with van der Waals surface area (Å²) in [6, 6.07) is 4.15. The quantitative estimate of drug-likeness (QED) is 0.824. The third-order valence-corrected chi connectivity index (χ3v) is 2.20. The van der Waals surface area contributed by atoms with E-state index < -0.39 is 0 Å². The number of aromatic amines is 1. The standard InChI is InChI=1S/C10H9ClFN3/c1-6-5-13-10(14-6)15-9-3-2-7(12)4-8(9)11/h2-5H,1H3,(H2,13,14,15). The molecule has 2 rings (SSSR count). The highest BCUT2D eigenvalue weighted by Gasteiger charge is 2.03. The lowest BCUT2D eigenvalue weighted by Gasteiger charge is -2.04. The van der Waals surface area contributed by atoms with E-state index in [9.17, 15) is 4.39 Å². The number of halogens is 2. The van der Waals surface area contributed by atoms with Gasteiger partial charge in [0, 0.05) is 11.9 Å². The molecule has 5 heteroatoms. The second kappa shape index (κ2) is 3.90. The Morgan fingerprint density at radius 3 is 2.87 bits per heavy atom. The molecule has 2 N–H and O–H groups in total. The van der Waals surface area contributed by atoms with Crippen LogP contribution in [0.2, 0.25) is 5.02 Å². The van der Waals surface area contributed by atoms with Gasteiger partial charge in [-0.3, -0.25) is 0 Å². The van der Waals surface area contributed by atoms with E-state index in [1.165, 1.54) is 12.1 Å². The first kappa shape index (κ1) is 9.98. The fourth-order valence-corrected chi connectivity index (χ4v) is 1.41. The molecule has 0 spiro atoms. The minimum atomic E-state index is -0.360. The van der Waals surface area contributed by atoms with Crippen molar-refractivity contribution in [3.05, 3.63) is 40.9 Å². The monoisotopic (exact) mass is 225 g/mol. The van der Waals surface area contributed by atoms with Crippen LogP contribution < -0.4 is 5.32 Å². The van der Waals surface area contributed by atoms with Crippen molar-refractivity contribution >= 4 is 23.2 Å². The van der Waals surface area contributed by atoms with Gasteiger partial charge in [0.25, 0.3) is 0 Å². The van der Waals surface area contributed by atoms with Crippen molar-refractivity contribution in [2.45, 2.75) is 6.92 Å². The zero-order valence-electron chi connectivity index (χ0n) is 8.01. The third-order valence-electron chi connectivity index (χ3n) is 1.89. The normalized spacial score (nSPS) is 10.3. The van der Waals surface area contributed by atoms with Gasteiger partial charge in [-0.05, 0) is 25.1 Å².